The molecule has 2 unspecified atom stereocenters. The summed E-state index contributed by atoms with van der Waals surface area (Å²) in [7, 11) is 0. The molecule has 13 heavy (non-hydrogen) atoms. The Kier molecular flexibility index (Phi) is 3.26. The van der Waals surface area contributed by atoms with Gasteiger partial charge in [0.25, 0.3) is 0 Å². The van der Waals surface area contributed by atoms with Gasteiger partial charge in [-0.05, 0) is 44.7 Å². The molecule has 0 aromatic heterocycles. The molecular weight excluding hydrogens is 158 g/mol. The zero-order chi connectivity index (χ0) is 9.10. The Balaban J connectivity index is 1.84. The van der Waals surface area contributed by atoms with Gasteiger partial charge in [0.05, 0.1) is 0 Å². The maximum atomic E-state index is 2.77. The molecule has 76 valence electrons. The second kappa shape index (κ2) is 4.45. The molecule has 1 saturated heterocycles. The van der Waals surface area contributed by atoms with E-state index >= 15 is 0 Å². The quantitative estimate of drug-likeness (QED) is 0.647. The average molecular weight is 181 g/mol. The van der Waals surface area contributed by atoms with Crippen LogP contribution in [0.1, 0.15) is 51.9 Å². The summed E-state index contributed by atoms with van der Waals surface area (Å²) in [6.45, 7) is 5.07. The number of fused-ring (bicyclic) bond motifs is 1. The van der Waals surface area contributed by atoms with Crippen LogP contribution in [-0.4, -0.2) is 24.0 Å². The van der Waals surface area contributed by atoms with Crippen LogP contribution in [-0.2, 0) is 0 Å². The summed E-state index contributed by atoms with van der Waals surface area (Å²) in [5, 5.41) is 0. The van der Waals surface area contributed by atoms with Crippen LogP contribution in [0.25, 0.3) is 0 Å². The largest absolute Gasteiger partial charge is 0.300 e. The maximum absolute atomic E-state index is 2.77. The Labute approximate surface area is 82.5 Å². The first-order valence-corrected chi connectivity index (χ1v) is 6.16. The molecule has 2 atom stereocenters. The van der Waals surface area contributed by atoms with Gasteiger partial charge in [-0.3, -0.25) is 0 Å². The first-order chi connectivity index (χ1) is 6.42. The monoisotopic (exact) mass is 181 g/mol. The summed E-state index contributed by atoms with van der Waals surface area (Å²) in [5.74, 6) is 1.07. The van der Waals surface area contributed by atoms with Crippen molar-refractivity contribution in [3.8, 4) is 0 Å². The lowest BCUT2D eigenvalue weighted by Crippen LogP contribution is -2.35. The molecule has 1 heteroatoms. The molecule has 0 aromatic carbocycles. The maximum Gasteiger partial charge on any atom is 0.0124 e. The lowest BCUT2D eigenvalue weighted by molar-refractivity contribution is 0.180. The third-order valence-corrected chi connectivity index (χ3v) is 3.92. The van der Waals surface area contributed by atoms with E-state index in [-0.39, 0.29) is 0 Å². The van der Waals surface area contributed by atoms with E-state index < -0.39 is 0 Å². The van der Waals surface area contributed by atoms with Crippen LogP contribution < -0.4 is 0 Å². The molecule has 0 radical (unpaired) electrons. The van der Waals surface area contributed by atoms with E-state index in [1.807, 2.05) is 0 Å². The summed E-state index contributed by atoms with van der Waals surface area (Å²) >= 11 is 0. The number of rotatable bonds is 3. The van der Waals surface area contributed by atoms with E-state index in [2.05, 4.69) is 11.8 Å². The lowest BCUT2D eigenvalue weighted by atomic mass is 9.85. The van der Waals surface area contributed by atoms with Crippen LogP contribution in [0.5, 0.6) is 0 Å². The molecule has 1 aliphatic heterocycles. The van der Waals surface area contributed by atoms with E-state index in [0.29, 0.717) is 0 Å². The summed E-state index contributed by atoms with van der Waals surface area (Å²) in [4.78, 5) is 2.77. The van der Waals surface area contributed by atoms with Crippen LogP contribution in [0.4, 0.5) is 0 Å². The standard InChI is InChI=1S/C12H23N/c1-2-3-9-13-10-8-11-6-4-5-7-12(11)13/h11-12H,2-10H2,1H3. The number of likely N-dealkylation sites (tertiary alicyclic amines) is 1. The Morgan fingerprint density at radius 2 is 2.00 bits per heavy atom. The Morgan fingerprint density at radius 1 is 1.15 bits per heavy atom. The molecule has 2 rings (SSSR count). The third kappa shape index (κ3) is 2.07. The predicted octanol–water partition coefficient (Wildman–Crippen LogP) is 3.05. The third-order valence-electron chi connectivity index (χ3n) is 3.92. The molecule has 0 N–H and O–H groups in total. The lowest BCUT2D eigenvalue weighted by Gasteiger charge is -2.31. The van der Waals surface area contributed by atoms with E-state index in [1.54, 1.807) is 0 Å². The molecular formula is C12H23N. The summed E-state index contributed by atoms with van der Waals surface area (Å²) in [6.07, 6.45) is 10.3. The first kappa shape index (κ1) is 9.51. The molecule has 1 heterocycles. The van der Waals surface area contributed by atoms with Gasteiger partial charge in [-0.2, -0.15) is 0 Å². The zero-order valence-corrected chi connectivity index (χ0v) is 8.97. The minimum Gasteiger partial charge on any atom is -0.300 e. The van der Waals surface area contributed by atoms with Gasteiger partial charge in [-0.1, -0.05) is 26.2 Å². The molecule has 0 bridgehead atoms. The molecule has 2 fully saturated rings. The van der Waals surface area contributed by atoms with E-state index in [9.17, 15) is 0 Å². The minimum absolute atomic E-state index is 0.986. The van der Waals surface area contributed by atoms with Crippen molar-refractivity contribution in [3.63, 3.8) is 0 Å². The van der Waals surface area contributed by atoms with Crippen molar-refractivity contribution >= 4 is 0 Å². The van der Waals surface area contributed by atoms with E-state index in [4.69, 9.17) is 0 Å². The SMILES string of the molecule is CCCCN1CCC2CCCCC21. The fourth-order valence-corrected chi connectivity index (χ4v) is 3.14. The van der Waals surface area contributed by atoms with Gasteiger partial charge in [0.2, 0.25) is 0 Å². The second-order valence-corrected chi connectivity index (χ2v) is 4.79. The summed E-state index contributed by atoms with van der Waals surface area (Å²) in [5.41, 5.74) is 0. The number of unbranched alkanes of at least 4 members (excludes halogenated alkanes) is 1. The van der Waals surface area contributed by atoms with Crippen molar-refractivity contribution in [3.05, 3.63) is 0 Å². The van der Waals surface area contributed by atoms with Crippen molar-refractivity contribution in [2.75, 3.05) is 13.1 Å². The van der Waals surface area contributed by atoms with Crippen LogP contribution in [0.15, 0.2) is 0 Å². The van der Waals surface area contributed by atoms with Gasteiger partial charge < -0.3 is 4.90 Å². The minimum atomic E-state index is 0.986. The van der Waals surface area contributed by atoms with Crippen molar-refractivity contribution in [1.29, 1.82) is 0 Å². The molecule has 2 aliphatic rings. The number of nitrogens with zero attached hydrogens (tertiary/aromatic N) is 1. The van der Waals surface area contributed by atoms with Crippen LogP contribution in [0.2, 0.25) is 0 Å². The smallest absolute Gasteiger partial charge is 0.0124 e. The molecule has 0 spiro atoms. The zero-order valence-electron chi connectivity index (χ0n) is 8.97. The highest BCUT2D eigenvalue weighted by molar-refractivity contribution is 4.89. The summed E-state index contributed by atoms with van der Waals surface area (Å²) < 4.78 is 0. The molecule has 1 aliphatic carbocycles. The molecule has 1 nitrogen and oxygen atoms in total. The number of hydrogen-bond acceptors (Lipinski definition) is 1. The van der Waals surface area contributed by atoms with Gasteiger partial charge in [-0.15, -0.1) is 0 Å². The van der Waals surface area contributed by atoms with Crippen molar-refractivity contribution < 1.29 is 0 Å². The summed E-state index contributed by atoms with van der Waals surface area (Å²) in [6, 6.07) is 0.986. The fourth-order valence-electron chi connectivity index (χ4n) is 3.14. The van der Waals surface area contributed by atoms with E-state index in [1.165, 1.54) is 58.0 Å². The second-order valence-electron chi connectivity index (χ2n) is 4.79. The van der Waals surface area contributed by atoms with Crippen LogP contribution >= 0.6 is 0 Å². The predicted molar refractivity (Wildman–Crippen MR) is 56.8 cm³/mol. The highest BCUT2D eigenvalue weighted by Crippen LogP contribution is 2.35. The Hall–Kier alpha value is -0.0400. The van der Waals surface area contributed by atoms with Crippen LogP contribution in [0, 0.1) is 5.92 Å². The average Bonchev–Trinajstić information content (AvgIpc) is 2.58. The topological polar surface area (TPSA) is 3.24 Å². The van der Waals surface area contributed by atoms with Gasteiger partial charge in [0, 0.05) is 6.04 Å². The van der Waals surface area contributed by atoms with Gasteiger partial charge >= 0.3 is 0 Å². The highest BCUT2D eigenvalue weighted by Gasteiger charge is 2.34. The van der Waals surface area contributed by atoms with Crippen molar-refractivity contribution in [2.24, 2.45) is 5.92 Å². The Bertz CT molecular complexity index is 155. The van der Waals surface area contributed by atoms with Crippen molar-refractivity contribution in [2.45, 2.75) is 57.9 Å². The fraction of sp³-hybridized carbons (Fsp3) is 1.00. The normalized spacial score (nSPS) is 34.8. The van der Waals surface area contributed by atoms with Gasteiger partial charge in [0.15, 0.2) is 0 Å². The Morgan fingerprint density at radius 3 is 2.85 bits per heavy atom. The van der Waals surface area contributed by atoms with Gasteiger partial charge in [0.1, 0.15) is 0 Å². The first-order valence-electron chi connectivity index (χ1n) is 6.16. The molecule has 0 amide bonds. The van der Waals surface area contributed by atoms with Crippen LogP contribution in [0.3, 0.4) is 0 Å². The van der Waals surface area contributed by atoms with E-state index in [0.717, 1.165) is 12.0 Å². The molecule has 0 aromatic rings. The highest BCUT2D eigenvalue weighted by atomic mass is 15.2. The number of hydrogen-bond donors (Lipinski definition) is 0. The molecule has 1 saturated carbocycles. The van der Waals surface area contributed by atoms with Crippen molar-refractivity contribution in [1.82, 2.24) is 4.90 Å². The van der Waals surface area contributed by atoms with Gasteiger partial charge in [-0.25, -0.2) is 0 Å².